The Kier molecular flexibility index (Phi) is 3.61. The number of rotatable bonds is 3. The monoisotopic (exact) mass is 250 g/mol. The van der Waals surface area contributed by atoms with Gasteiger partial charge in [-0.15, -0.1) is 0 Å². The normalized spacial score (nSPS) is 10.3. The quantitative estimate of drug-likeness (QED) is 0.669. The van der Waals surface area contributed by atoms with Crippen molar-refractivity contribution in [1.29, 1.82) is 0 Å². The molecule has 17 heavy (non-hydrogen) atoms. The Morgan fingerprint density at radius 1 is 1.12 bits per heavy atom. The molecule has 0 heterocycles. The Labute approximate surface area is 104 Å². The van der Waals surface area contributed by atoms with Gasteiger partial charge in [-0.3, -0.25) is 0 Å². The van der Waals surface area contributed by atoms with Crippen molar-refractivity contribution in [3.05, 3.63) is 64.9 Å². The molecule has 0 radical (unpaired) electrons. The van der Waals surface area contributed by atoms with E-state index in [9.17, 15) is 4.39 Å². The summed E-state index contributed by atoms with van der Waals surface area (Å²) < 4.78 is 13.0. The van der Waals surface area contributed by atoms with Crippen LogP contribution in [0.25, 0.3) is 0 Å². The van der Waals surface area contributed by atoms with Crippen LogP contribution < -0.4 is 10.9 Å². The Bertz CT molecular complexity index is 499. The molecular formula is C13H12ClFN2. The second kappa shape index (κ2) is 5.17. The molecule has 0 fully saturated rings. The second-order valence-electron chi connectivity index (χ2n) is 3.73. The predicted molar refractivity (Wildman–Crippen MR) is 68.2 cm³/mol. The molecule has 2 N–H and O–H groups in total. The third-order valence-electron chi connectivity index (χ3n) is 2.41. The van der Waals surface area contributed by atoms with Crippen molar-refractivity contribution >= 4 is 17.3 Å². The van der Waals surface area contributed by atoms with E-state index in [0.29, 0.717) is 17.3 Å². The van der Waals surface area contributed by atoms with Gasteiger partial charge in [0.1, 0.15) is 5.82 Å². The number of hydrogen-bond donors (Lipinski definition) is 1. The zero-order chi connectivity index (χ0) is 12.3. The minimum atomic E-state index is -0.297. The topological polar surface area (TPSA) is 29.3 Å². The van der Waals surface area contributed by atoms with Crippen LogP contribution in [0.2, 0.25) is 5.02 Å². The van der Waals surface area contributed by atoms with Crippen molar-refractivity contribution in [2.24, 2.45) is 5.84 Å². The van der Waals surface area contributed by atoms with Crippen LogP contribution >= 0.6 is 11.6 Å². The summed E-state index contributed by atoms with van der Waals surface area (Å²) >= 11 is 5.79. The van der Waals surface area contributed by atoms with E-state index in [0.717, 1.165) is 5.56 Å². The molecule has 2 nitrogen and oxygen atoms in total. The first-order valence-electron chi connectivity index (χ1n) is 5.17. The molecule has 0 saturated heterocycles. The van der Waals surface area contributed by atoms with E-state index in [4.69, 9.17) is 17.4 Å². The Balaban J connectivity index is 2.11. The van der Waals surface area contributed by atoms with Gasteiger partial charge in [0, 0.05) is 5.02 Å². The van der Waals surface area contributed by atoms with E-state index in [1.54, 1.807) is 24.3 Å². The standard InChI is InChI=1S/C13H12ClFN2/c14-11-6-4-10(5-7-11)9-17(16)13-3-1-2-12(15)8-13/h1-8H,9,16H2. The fourth-order valence-corrected chi connectivity index (χ4v) is 1.66. The Morgan fingerprint density at radius 3 is 2.47 bits per heavy atom. The van der Waals surface area contributed by atoms with Crippen LogP contribution in [0, 0.1) is 5.82 Å². The number of anilines is 1. The molecule has 0 aliphatic heterocycles. The summed E-state index contributed by atoms with van der Waals surface area (Å²) in [6, 6.07) is 13.6. The molecular weight excluding hydrogens is 239 g/mol. The zero-order valence-electron chi connectivity index (χ0n) is 9.11. The number of nitrogens with zero attached hydrogens (tertiary/aromatic N) is 1. The summed E-state index contributed by atoms with van der Waals surface area (Å²) in [7, 11) is 0. The predicted octanol–water partition coefficient (Wildman–Crippen LogP) is 3.36. The van der Waals surface area contributed by atoms with Crippen LogP contribution in [0.5, 0.6) is 0 Å². The molecule has 0 spiro atoms. The summed E-state index contributed by atoms with van der Waals surface area (Å²) in [5, 5.41) is 2.18. The van der Waals surface area contributed by atoms with Gasteiger partial charge in [-0.1, -0.05) is 29.8 Å². The molecule has 0 aliphatic rings. The summed E-state index contributed by atoms with van der Waals surface area (Å²) in [4.78, 5) is 0. The van der Waals surface area contributed by atoms with E-state index in [-0.39, 0.29) is 5.82 Å². The largest absolute Gasteiger partial charge is 0.307 e. The Hall–Kier alpha value is -1.58. The van der Waals surface area contributed by atoms with Gasteiger partial charge in [0.15, 0.2) is 0 Å². The number of hydrazine groups is 1. The van der Waals surface area contributed by atoms with Gasteiger partial charge in [0.25, 0.3) is 0 Å². The summed E-state index contributed by atoms with van der Waals surface area (Å²) in [5.74, 6) is 5.57. The highest BCUT2D eigenvalue weighted by Crippen LogP contribution is 2.16. The maximum atomic E-state index is 13.0. The number of halogens is 2. The maximum absolute atomic E-state index is 13.0. The van der Waals surface area contributed by atoms with E-state index in [2.05, 4.69) is 0 Å². The Morgan fingerprint density at radius 2 is 1.82 bits per heavy atom. The van der Waals surface area contributed by atoms with Crippen molar-refractivity contribution in [2.75, 3.05) is 5.01 Å². The highest BCUT2D eigenvalue weighted by Gasteiger charge is 2.03. The van der Waals surface area contributed by atoms with Crippen molar-refractivity contribution in [1.82, 2.24) is 0 Å². The van der Waals surface area contributed by atoms with E-state index in [1.807, 2.05) is 12.1 Å². The lowest BCUT2D eigenvalue weighted by Gasteiger charge is -2.18. The molecule has 0 saturated carbocycles. The molecule has 88 valence electrons. The first kappa shape index (κ1) is 11.9. The smallest absolute Gasteiger partial charge is 0.125 e. The van der Waals surface area contributed by atoms with Crippen LogP contribution in [0.4, 0.5) is 10.1 Å². The molecule has 0 atom stereocenters. The van der Waals surface area contributed by atoms with Gasteiger partial charge in [-0.05, 0) is 35.9 Å². The van der Waals surface area contributed by atoms with Crippen LogP contribution in [0.3, 0.4) is 0 Å². The molecule has 0 amide bonds. The average Bonchev–Trinajstić information content (AvgIpc) is 2.32. The third-order valence-corrected chi connectivity index (χ3v) is 2.66. The van der Waals surface area contributed by atoms with E-state index in [1.165, 1.54) is 17.1 Å². The number of hydrogen-bond acceptors (Lipinski definition) is 2. The lowest BCUT2D eigenvalue weighted by Crippen LogP contribution is -2.30. The highest BCUT2D eigenvalue weighted by molar-refractivity contribution is 6.30. The third kappa shape index (κ3) is 3.19. The van der Waals surface area contributed by atoms with Crippen LogP contribution in [0.1, 0.15) is 5.56 Å². The van der Waals surface area contributed by atoms with Gasteiger partial charge < -0.3 is 5.01 Å². The van der Waals surface area contributed by atoms with Gasteiger partial charge >= 0.3 is 0 Å². The summed E-state index contributed by atoms with van der Waals surface area (Å²) in [6.45, 7) is 0.501. The first-order chi connectivity index (χ1) is 8.15. The lowest BCUT2D eigenvalue weighted by molar-refractivity contribution is 0.626. The minimum Gasteiger partial charge on any atom is -0.307 e. The fourth-order valence-electron chi connectivity index (χ4n) is 1.53. The van der Waals surface area contributed by atoms with Crippen molar-refractivity contribution in [3.8, 4) is 0 Å². The van der Waals surface area contributed by atoms with Crippen LogP contribution in [-0.2, 0) is 6.54 Å². The van der Waals surface area contributed by atoms with E-state index < -0.39 is 0 Å². The van der Waals surface area contributed by atoms with Crippen molar-refractivity contribution in [2.45, 2.75) is 6.54 Å². The van der Waals surface area contributed by atoms with Crippen LogP contribution in [0.15, 0.2) is 48.5 Å². The fraction of sp³-hybridized carbons (Fsp3) is 0.0769. The van der Waals surface area contributed by atoms with Crippen LogP contribution in [-0.4, -0.2) is 0 Å². The molecule has 0 aromatic heterocycles. The minimum absolute atomic E-state index is 0.297. The van der Waals surface area contributed by atoms with Gasteiger partial charge in [-0.2, -0.15) is 0 Å². The molecule has 0 aliphatic carbocycles. The zero-order valence-corrected chi connectivity index (χ0v) is 9.86. The molecule has 2 aromatic carbocycles. The molecule has 2 aromatic rings. The summed E-state index contributed by atoms with van der Waals surface area (Å²) in [6.07, 6.45) is 0. The number of nitrogens with two attached hydrogens (primary N) is 1. The van der Waals surface area contributed by atoms with Gasteiger partial charge in [0.05, 0.1) is 12.2 Å². The van der Waals surface area contributed by atoms with Crippen molar-refractivity contribution in [3.63, 3.8) is 0 Å². The molecule has 2 rings (SSSR count). The van der Waals surface area contributed by atoms with Gasteiger partial charge in [0.2, 0.25) is 0 Å². The average molecular weight is 251 g/mol. The molecule has 4 heteroatoms. The number of benzene rings is 2. The molecule has 0 bridgehead atoms. The lowest BCUT2D eigenvalue weighted by atomic mass is 10.2. The maximum Gasteiger partial charge on any atom is 0.125 e. The highest BCUT2D eigenvalue weighted by atomic mass is 35.5. The summed E-state index contributed by atoms with van der Waals surface area (Å²) in [5.41, 5.74) is 1.65. The van der Waals surface area contributed by atoms with Gasteiger partial charge in [-0.25, -0.2) is 10.2 Å². The SMILES string of the molecule is NN(Cc1ccc(Cl)cc1)c1cccc(F)c1. The second-order valence-corrected chi connectivity index (χ2v) is 4.17. The molecule has 0 unspecified atom stereocenters. The first-order valence-corrected chi connectivity index (χ1v) is 5.55. The van der Waals surface area contributed by atoms with Crippen molar-refractivity contribution < 1.29 is 4.39 Å². The van der Waals surface area contributed by atoms with E-state index >= 15 is 0 Å².